The van der Waals surface area contributed by atoms with Crippen molar-refractivity contribution in [1.82, 2.24) is 14.4 Å². The lowest BCUT2D eigenvalue weighted by atomic mass is 10.2. The Balaban J connectivity index is 1.34. The lowest BCUT2D eigenvalue weighted by Crippen LogP contribution is -2.48. The monoisotopic (exact) mass is 395 g/mol. The molecule has 1 saturated heterocycles. The molecule has 0 radical (unpaired) electrons. The molecule has 0 saturated carbocycles. The highest BCUT2D eigenvalue weighted by Crippen LogP contribution is 2.24. The topological polar surface area (TPSA) is 37.7 Å². The predicted molar refractivity (Wildman–Crippen MR) is 112 cm³/mol. The fourth-order valence-corrected chi connectivity index (χ4v) is 4.39. The molecule has 0 unspecified atom stereocenters. The lowest BCUT2D eigenvalue weighted by Gasteiger charge is -2.34. The van der Waals surface area contributed by atoms with E-state index in [0.717, 1.165) is 49.0 Å². The number of aromatic nitrogens is 1. The summed E-state index contributed by atoms with van der Waals surface area (Å²) in [5.74, 6) is 1.05. The van der Waals surface area contributed by atoms with Crippen molar-refractivity contribution in [2.45, 2.75) is 13.5 Å². The number of benzene rings is 1. The van der Waals surface area contributed by atoms with E-state index in [9.17, 15) is 4.79 Å². The molecule has 5 nitrogen and oxygen atoms in total. The van der Waals surface area contributed by atoms with Crippen LogP contribution in [0.2, 0.25) is 0 Å². The summed E-state index contributed by atoms with van der Waals surface area (Å²) in [6, 6.07) is 14.3. The Bertz CT molecular complexity index is 894. The van der Waals surface area contributed by atoms with E-state index in [0.29, 0.717) is 6.61 Å². The summed E-state index contributed by atoms with van der Waals surface area (Å²) in [6.07, 6.45) is 3.96. The van der Waals surface area contributed by atoms with Gasteiger partial charge in [-0.1, -0.05) is 12.1 Å². The fraction of sp³-hybridized carbons (Fsp3) is 0.318. The van der Waals surface area contributed by atoms with E-state index >= 15 is 0 Å². The van der Waals surface area contributed by atoms with Crippen LogP contribution >= 0.6 is 11.3 Å². The molecule has 1 aliphatic rings. The highest BCUT2D eigenvalue weighted by molar-refractivity contribution is 7.12. The third-order valence-corrected chi connectivity index (χ3v) is 5.91. The summed E-state index contributed by atoms with van der Waals surface area (Å²) in [7, 11) is 0. The Morgan fingerprint density at radius 2 is 1.75 bits per heavy atom. The highest BCUT2D eigenvalue weighted by Gasteiger charge is 2.25. The maximum atomic E-state index is 13.0. The van der Waals surface area contributed by atoms with Gasteiger partial charge in [-0.3, -0.25) is 9.69 Å². The van der Waals surface area contributed by atoms with Crippen molar-refractivity contribution in [2.75, 3.05) is 32.8 Å². The van der Waals surface area contributed by atoms with Crippen LogP contribution < -0.4 is 4.74 Å². The Morgan fingerprint density at radius 3 is 2.43 bits per heavy atom. The minimum absolute atomic E-state index is 0.138. The number of nitrogens with zero attached hydrogens (tertiary/aromatic N) is 3. The van der Waals surface area contributed by atoms with Crippen molar-refractivity contribution in [3.8, 4) is 11.4 Å². The number of amides is 1. The average molecular weight is 396 g/mol. The fourth-order valence-electron chi connectivity index (χ4n) is 3.53. The zero-order valence-corrected chi connectivity index (χ0v) is 16.9. The van der Waals surface area contributed by atoms with E-state index in [1.165, 1.54) is 16.9 Å². The molecule has 0 aliphatic carbocycles. The van der Waals surface area contributed by atoms with Crippen LogP contribution in [0.1, 0.15) is 22.2 Å². The molecule has 4 rings (SSSR count). The van der Waals surface area contributed by atoms with E-state index in [2.05, 4.69) is 17.0 Å². The summed E-state index contributed by atoms with van der Waals surface area (Å²) in [4.78, 5) is 18.2. The van der Waals surface area contributed by atoms with Gasteiger partial charge in [0.05, 0.1) is 12.3 Å². The normalized spacial score (nSPS) is 15.0. The summed E-state index contributed by atoms with van der Waals surface area (Å²) >= 11 is 1.52. The van der Waals surface area contributed by atoms with Crippen LogP contribution in [0.3, 0.4) is 0 Å². The molecule has 2 aromatic heterocycles. The van der Waals surface area contributed by atoms with Gasteiger partial charge in [0.25, 0.3) is 5.91 Å². The number of carbonyl (C=O) groups is 1. The largest absolute Gasteiger partial charge is 0.494 e. The molecule has 3 heterocycles. The number of hydrogen-bond donors (Lipinski definition) is 0. The van der Waals surface area contributed by atoms with Gasteiger partial charge in [-0.05, 0) is 48.2 Å². The molecule has 1 fully saturated rings. The number of ether oxygens (including phenoxy) is 1. The third-order valence-electron chi connectivity index (χ3n) is 5.02. The molecule has 0 bridgehead atoms. The second-order valence-electron chi connectivity index (χ2n) is 6.87. The first-order valence-electron chi connectivity index (χ1n) is 9.69. The van der Waals surface area contributed by atoms with Crippen LogP contribution in [0.25, 0.3) is 5.69 Å². The Kier molecular flexibility index (Phi) is 5.78. The minimum Gasteiger partial charge on any atom is -0.494 e. The standard InChI is InChI=1S/C22H25N3O2S/c1-2-27-19-7-5-18(6-8-19)17-23-12-14-25(15-13-23)22(26)21-20(9-16-28-21)24-10-3-4-11-24/h3-11,16H,2,12-15,17H2,1H3. The number of hydrogen-bond acceptors (Lipinski definition) is 4. The molecular weight excluding hydrogens is 370 g/mol. The average Bonchev–Trinajstić information content (AvgIpc) is 3.41. The molecule has 0 spiro atoms. The second kappa shape index (κ2) is 8.63. The Labute approximate surface area is 169 Å². The van der Waals surface area contributed by atoms with Crippen molar-refractivity contribution in [3.63, 3.8) is 0 Å². The van der Waals surface area contributed by atoms with Crippen molar-refractivity contribution in [2.24, 2.45) is 0 Å². The predicted octanol–water partition coefficient (Wildman–Crippen LogP) is 3.90. The third kappa shape index (κ3) is 4.13. The summed E-state index contributed by atoms with van der Waals surface area (Å²) in [6.45, 7) is 6.89. The van der Waals surface area contributed by atoms with Gasteiger partial charge in [-0.25, -0.2) is 0 Å². The minimum atomic E-state index is 0.138. The first-order chi connectivity index (χ1) is 13.7. The van der Waals surface area contributed by atoms with Crippen molar-refractivity contribution < 1.29 is 9.53 Å². The zero-order valence-electron chi connectivity index (χ0n) is 16.1. The number of rotatable bonds is 6. The molecule has 1 aliphatic heterocycles. The number of carbonyl (C=O) groups excluding carboxylic acids is 1. The number of piperazine rings is 1. The van der Waals surface area contributed by atoms with Crippen molar-refractivity contribution in [1.29, 1.82) is 0 Å². The molecule has 0 atom stereocenters. The molecule has 3 aromatic rings. The van der Waals surface area contributed by atoms with Gasteiger partial charge < -0.3 is 14.2 Å². The van der Waals surface area contributed by atoms with Crippen molar-refractivity contribution >= 4 is 17.2 Å². The first kappa shape index (κ1) is 18.8. The van der Waals surface area contributed by atoms with Gasteiger partial charge in [0.15, 0.2) is 0 Å². The zero-order chi connectivity index (χ0) is 19.3. The summed E-state index contributed by atoms with van der Waals surface area (Å²) in [5.41, 5.74) is 2.24. The van der Waals surface area contributed by atoms with Crippen LogP contribution in [0.4, 0.5) is 0 Å². The molecule has 0 N–H and O–H groups in total. The first-order valence-corrected chi connectivity index (χ1v) is 10.6. The van der Waals surface area contributed by atoms with Crippen LogP contribution in [0.15, 0.2) is 60.2 Å². The van der Waals surface area contributed by atoms with Crippen molar-refractivity contribution in [3.05, 3.63) is 70.7 Å². The smallest absolute Gasteiger partial charge is 0.266 e. The molecular formula is C22H25N3O2S. The maximum Gasteiger partial charge on any atom is 0.266 e. The number of thiophene rings is 1. The quantitative estimate of drug-likeness (QED) is 0.635. The summed E-state index contributed by atoms with van der Waals surface area (Å²) < 4.78 is 7.51. The molecule has 1 aromatic carbocycles. The maximum absolute atomic E-state index is 13.0. The Morgan fingerprint density at radius 1 is 1.04 bits per heavy atom. The molecule has 28 heavy (non-hydrogen) atoms. The molecule has 146 valence electrons. The highest BCUT2D eigenvalue weighted by atomic mass is 32.1. The van der Waals surface area contributed by atoms with Gasteiger partial charge in [-0.15, -0.1) is 11.3 Å². The van der Waals surface area contributed by atoms with Gasteiger partial charge in [0, 0.05) is 45.1 Å². The van der Waals surface area contributed by atoms with E-state index in [4.69, 9.17) is 4.74 Å². The molecule has 1 amide bonds. The van der Waals surface area contributed by atoms with Gasteiger partial charge in [-0.2, -0.15) is 0 Å². The van der Waals surface area contributed by atoms with Crippen LogP contribution in [0.5, 0.6) is 5.75 Å². The van der Waals surface area contributed by atoms with Crippen LogP contribution in [-0.4, -0.2) is 53.1 Å². The van der Waals surface area contributed by atoms with Crippen LogP contribution in [-0.2, 0) is 6.54 Å². The van der Waals surface area contributed by atoms with E-state index in [-0.39, 0.29) is 5.91 Å². The lowest BCUT2D eigenvalue weighted by molar-refractivity contribution is 0.0633. The van der Waals surface area contributed by atoms with Gasteiger partial charge in [0.2, 0.25) is 0 Å². The van der Waals surface area contributed by atoms with E-state index in [1.54, 1.807) is 0 Å². The van der Waals surface area contributed by atoms with Crippen LogP contribution in [0, 0.1) is 0 Å². The van der Waals surface area contributed by atoms with Gasteiger partial charge >= 0.3 is 0 Å². The second-order valence-corrected chi connectivity index (χ2v) is 7.79. The SMILES string of the molecule is CCOc1ccc(CN2CCN(C(=O)c3sccc3-n3cccc3)CC2)cc1. The van der Waals surface area contributed by atoms with E-state index in [1.807, 2.05) is 64.5 Å². The summed E-state index contributed by atoms with van der Waals surface area (Å²) in [5, 5.41) is 1.99. The van der Waals surface area contributed by atoms with Gasteiger partial charge in [0.1, 0.15) is 10.6 Å². The van der Waals surface area contributed by atoms with E-state index < -0.39 is 0 Å². The molecule has 6 heteroatoms. The Hall–Kier alpha value is -2.57.